The molecule has 2 aliphatic heterocycles. The molecular weight excluding hydrogens is 354 g/mol. The van der Waals surface area contributed by atoms with Gasteiger partial charge in [-0.2, -0.15) is 0 Å². The number of methoxy groups -OCH3 is 1. The molecule has 1 unspecified atom stereocenters. The molecular formula is C21H27N5O2. The Bertz CT molecular complexity index is 877. The summed E-state index contributed by atoms with van der Waals surface area (Å²) in [7, 11) is 1.72. The van der Waals surface area contributed by atoms with Gasteiger partial charge < -0.3 is 15.0 Å². The van der Waals surface area contributed by atoms with E-state index in [9.17, 15) is 4.79 Å². The number of anilines is 1. The number of carbonyl (C=O) groups is 1. The highest BCUT2D eigenvalue weighted by Gasteiger charge is 2.25. The third kappa shape index (κ3) is 3.54. The minimum atomic E-state index is -0.0695. The summed E-state index contributed by atoms with van der Waals surface area (Å²) >= 11 is 0. The van der Waals surface area contributed by atoms with Crippen LogP contribution in [0.2, 0.25) is 0 Å². The van der Waals surface area contributed by atoms with Crippen LogP contribution in [0, 0.1) is 6.92 Å². The van der Waals surface area contributed by atoms with Crippen LogP contribution < -0.4 is 15.0 Å². The fourth-order valence-corrected chi connectivity index (χ4v) is 3.95. The molecule has 0 saturated carbocycles. The largest absolute Gasteiger partial charge is 0.496 e. The third-order valence-electron chi connectivity index (χ3n) is 5.81. The van der Waals surface area contributed by atoms with Crippen molar-refractivity contribution < 1.29 is 9.53 Å². The van der Waals surface area contributed by atoms with Crippen molar-refractivity contribution in [1.29, 1.82) is 0 Å². The molecule has 7 nitrogen and oxygen atoms in total. The Balaban J connectivity index is 1.43. The molecule has 1 amide bonds. The van der Waals surface area contributed by atoms with Gasteiger partial charge in [0.1, 0.15) is 5.75 Å². The molecule has 1 N–H and O–H groups in total. The molecule has 28 heavy (non-hydrogen) atoms. The van der Waals surface area contributed by atoms with Crippen LogP contribution in [-0.4, -0.2) is 60.6 Å². The molecule has 0 radical (unpaired) electrons. The number of carbonyl (C=O) groups excluding carboxylic acids is 1. The van der Waals surface area contributed by atoms with Gasteiger partial charge in [0.25, 0.3) is 5.91 Å². The quantitative estimate of drug-likeness (QED) is 0.873. The van der Waals surface area contributed by atoms with Crippen LogP contribution in [0.3, 0.4) is 0 Å². The van der Waals surface area contributed by atoms with Gasteiger partial charge in [0.15, 0.2) is 0 Å². The average molecular weight is 381 g/mol. The van der Waals surface area contributed by atoms with Gasteiger partial charge in [0.2, 0.25) is 5.95 Å². The van der Waals surface area contributed by atoms with E-state index in [4.69, 9.17) is 4.74 Å². The van der Waals surface area contributed by atoms with Crippen molar-refractivity contribution in [2.24, 2.45) is 0 Å². The van der Waals surface area contributed by atoms with Gasteiger partial charge in [0.05, 0.1) is 18.4 Å². The molecule has 1 aromatic carbocycles. The standard InChI is InChI=1S/C21H27N5O2/c1-14-4-5-16(12-19(14)28-3)15(2)25-8-10-26(11-9-25)21-23-13-17-18(24-21)6-7-22-20(17)27/h4-5,12-13,15H,6-11H2,1-3H3,(H,22,27). The van der Waals surface area contributed by atoms with Gasteiger partial charge in [-0.25, -0.2) is 9.97 Å². The Morgan fingerprint density at radius 3 is 2.75 bits per heavy atom. The van der Waals surface area contributed by atoms with Crippen LogP contribution in [0.5, 0.6) is 5.75 Å². The minimum absolute atomic E-state index is 0.0695. The first-order valence-corrected chi connectivity index (χ1v) is 9.84. The second-order valence-electron chi connectivity index (χ2n) is 7.46. The van der Waals surface area contributed by atoms with Crippen LogP contribution in [0.25, 0.3) is 0 Å². The second-order valence-corrected chi connectivity index (χ2v) is 7.46. The Kier molecular flexibility index (Phi) is 5.17. The van der Waals surface area contributed by atoms with Gasteiger partial charge in [-0.15, -0.1) is 0 Å². The monoisotopic (exact) mass is 381 g/mol. The van der Waals surface area contributed by atoms with E-state index in [0.29, 0.717) is 18.2 Å². The lowest BCUT2D eigenvalue weighted by Gasteiger charge is -2.38. The first-order chi connectivity index (χ1) is 13.6. The minimum Gasteiger partial charge on any atom is -0.496 e. The highest BCUT2D eigenvalue weighted by Crippen LogP contribution is 2.28. The third-order valence-corrected chi connectivity index (χ3v) is 5.81. The molecule has 2 aliphatic rings. The topological polar surface area (TPSA) is 70.6 Å². The Morgan fingerprint density at radius 1 is 1.21 bits per heavy atom. The number of hydrogen-bond acceptors (Lipinski definition) is 6. The zero-order chi connectivity index (χ0) is 19.7. The summed E-state index contributed by atoms with van der Waals surface area (Å²) < 4.78 is 5.48. The summed E-state index contributed by atoms with van der Waals surface area (Å²) in [5, 5.41) is 2.83. The smallest absolute Gasteiger partial charge is 0.254 e. The van der Waals surface area contributed by atoms with E-state index in [0.717, 1.165) is 55.6 Å². The zero-order valence-corrected chi connectivity index (χ0v) is 16.7. The maximum absolute atomic E-state index is 11.9. The second kappa shape index (κ2) is 7.75. The van der Waals surface area contributed by atoms with Crippen molar-refractivity contribution in [2.75, 3.05) is 44.7 Å². The molecule has 4 rings (SSSR count). The van der Waals surface area contributed by atoms with Crippen LogP contribution in [0.1, 0.15) is 40.1 Å². The Morgan fingerprint density at radius 2 is 2.00 bits per heavy atom. The van der Waals surface area contributed by atoms with Crippen molar-refractivity contribution in [3.05, 3.63) is 46.8 Å². The Labute approximate surface area is 165 Å². The number of ether oxygens (including phenoxy) is 1. The number of fused-ring (bicyclic) bond motifs is 1. The predicted octanol–water partition coefficient (Wildman–Crippen LogP) is 1.96. The van der Waals surface area contributed by atoms with Gasteiger partial charge in [-0.1, -0.05) is 12.1 Å². The lowest BCUT2D eigenvalue weighted by molar-refractivity contribution is 0.0944. The molecule has 0 bridgehead atoms. The van der Waals surface area contributed by atoms with Gasteiger partial charge >= 0.3 is 0 Å². The molecule has 1 fully saturated rings. The van der Waals surface area contributed by atoms with Crippen molar-refractivity contribution in [2.45, 2.75) is 26.3 Å². The summed E-state index contributed by atoms with van der Waals surface area (Å²) in [5.41, 5.74) is 3.89. The maximum atomic E-state index is 11.9. The first-order valence-electron chi connectivity index (χ1n) is 9.84. The van der Waals surface area contributed by atoms with Gasteiger partial charge in [0, 0.05) is 51.4 Å². The fourth-order valence-electron chi connectivity index (χ4n) is 3.95. The van der Waals surface area contributed by atoms with E-state index < -0.39 is 0 Å². The summed E-state index contributed by atoms with van der Waals surface area (Å²) in [6.07, 6.45) is 2.43. The zero-order valence-electron chi connectivity index (χ0n) is 16.7. The van der Waals surface area contributed by atoms with Gasteiger partial charge in [-0.05, 0) is 31.0 Å². The van der Waals surface area contributed by atoms with E-state index >= 15 is 0 Å². The summed E-state index contributed by atoms with van der Waals surface area (Å²) in [6.45, 7) is 8.59. The molecule has 0 aliphatic carbocycles. The Hall–Kier alpha value is -2.67. The van der Waals surface area contributed by atoms with Gasteiger partial charge in [-0.3, -0.25) is 9.69 Å². The van der Waals surface area contributed by atoms with E-state index in [1.807, 2.05) is 0 Å². The molecule has 1 aromatic heterocycles. The van der Waals surface area contributed by atoms with Crippen molar-refractivity contribution in [3.8, 4) is 5.75 Å². The van der Waals surface area contributed by atoms with Crippen LogP contribution in [-0.2, 0) is 6.42 Å². The van der Waals surface area contributed by atoms with E-state index in [1.165, 1.54) is 5.56 Å². The van der Waals surface area contributed by atoms with Crippen molar-refractivity contribution in [3.63, 3.8) is 0 Å². The first kappa shape index (κ1) is 18.7. The molecule has 1 atom stereocenters. The molecule has 1 saturated heterocycles. The molecule has 7 heteroatoms. The predicted molar refractivity (Wildman–Crippen MR) is 108 cm³/mol. The fraction of sp³-hybridized carbons (Fsp3) is 0.476. The van der Waals surface area contributed by atoms with E-state index in [-0.39, 0.29) is 5.91 Å². The number of hydrogen-bond donors (Lipinski definition) is 1. The molecule has 0 spiro atoms. The highest BCUT2D eigenvalue weighted by molar-refractivity contribution is 5.96. The number of amides is 1. The highest BCUT2D eigenvalue weighted by atomic mass is 16.5. The lowest BCUT2D eigenvalue weighted by Crippen LogP contribution is -2.48. The van der Waals surface area contributed by atoms with Crippen molar-refractivity contribution >= 4 is 11.9 Å². The van der Waals surface area contributed by atoms with Crippen LogP contribution in [0.15, 0.2) is 24.4 Å². The summed E-state index contributed by atoms with van der Waals surface area (Å²) in [6, 6.07) is 6.78. The van der Waals surface area contributed by atoms with Crippen LogP contribution in [0.4, 0.5) is 5.95 Å². The molecule has 2 aromatic rings. The number of nitrogens with zero attached hydrogens (tertiary/aromatic N) is 4. The molecule has 148 valence electrons. The SMILES string of the molecule is COc1cc(C(C)N2CCN(c3ncc4c(n3)CCNC4=O)CC2)ccc1C. The van der Waals surface area contributed by atoms with Crippen LogP contribution >= 0.6 is 0 Å². The normalized spacial score (nSPS) is 18.4. The number of aromatic nitrogens is 2. The maximum Gasteiger partial charge on any atom is 0.254 e. The summed E-state index contributed by atoms with van der Waals surface area (Å²) in [5.74, 6) is 1.60. The number of piperazine rings is 1. The molecule has 3 heterocycles. The lowest BCUT2D eigenvalue weighted by atomic mass is 10.0. The van der Waals surface area contributed by atoms with E-state index in [1.54, 1.807) is 13.3 Å². The summed E-state index contributed by atoms with van der Waals surface area (Å²) in [4.78, 5) is 25.7. The number of nitrogens with one attached hydrogen (secondary N) is 1. The van der Waals surface area contributed by atoms with E-state index in [2.05, 4.69) is 57.1 Å². The average Bonchev–Trinajstić information content (AvgIpc) is 2.73. The number of aryl methyl sites for hydroxylation is 1. The number of rotatable bonds is 4. The number of benzene rings is 1. The van der Waals surface area contributed by atoms with Crippen molar-refractivity contribution in [1.82, 2.24) is 20.2 Å².